The maximum atomic E-state index is 11.6. The topological polar surface area (TPSA) is 55.1 Å². The van der Waals surface area contributed by atoms with Gasteiger partial charge in [0.15, 0.2) is 0 Å². The molecule has 0 amide bonds. The van der Waals surface area contributed by atoms with E-state index in [4.69, 9.17) is 4.98 Å². The molecule has 0 unspecified atom stereocenters. The lowest BCUT2D eigenvalue weighted by atomic mass is 9.82. The number of carbonyl (C=O) groups is 1. The highest BCUT2D eigenvalue weighted by molar-refractivity contribution is 7.12. The van der Waals surface area contributed by atoms with E-state index < -0.39 is 5.97 Å². The minimum Gasteiger partial charge on any atom is -0.478 e. The second-order valence-electron chi connectivity index (χ2n) is 7.89. The molecule has 5 rings (SSSR count). The molecule has 1 fully saturated rings. The summed E-state index contributed by atoms with van der Waals surface area (Å²) in [7, 11) is 0. The minimum absolute atomic E-state index is 0.372. The summed E-state index contributed by atoms with van der Waals surface area (Å²) in [4.78, 5) is 17.9. The van der Waals surface area contributed by atoms with Crippen molar-refractivity contribution in [2.45, 2.75) is 64.3 Å². The van der Waals surface area contributed by atoms with Crippen LogP contribution in [0, 0.1) is 6.92 Å². The summed E-state index contributed by atoms with van der Waals surface area (Å²) in [6, 6.07) is 5.69. The highest BCUT2D eigenvalue weighted by Gasteiger charge is 2.30. The molecule has 0 radical (unpaired) electrons. The normalized spacial score (nSPS) is 17.5. The van der Waals surface area contributed by atoms with Gasteiger partial charge in [0.2, 0.25) is 0 Å². The maximum absolute atomic E-state index is 11.6. The summed E-state index contributed by atoms with van der Waals surface area (Å²) in [5.41, 5.74) is 5.30. The van der Waals surface area contributed by atoms with Crippen LogP contribution in [0.4, 0.5) is 0 Å². The van der Waals surface area contributed by atoms with E-state index in [-0.39, 0.29) is 0 Å². The molecule has 1 aromatic carbocycles. The van der Waals surface area contributed by atoms with Gasteiger partial charge in [-0.3, -0.25) is 0 Å². The van der Waals surface area contributed by atoms with E-state index in [1.165, 1.54) is 53.6 Å². The SMILES string of the molecule is Cc1nc2c(s1)CCCn1c-2c(C2CCCCC2)c2ccc(C(=O)O)cc21. The van der Waals surface area contributed by atoms with Crippen molar-refractivity contribution in [3.63, 3.8) is 0 Å². The van der Waals surface area contributed by atoms with Gasteiger partial charge in [-0.05, 0) is 56.2 Å². The Labute approximate surface area is 162 Å². The first kappa shape index (κ1) is 17.0. The van der Waals surface area contributed by atoms with Crippen LogP contribution in [0.15, 0.2) is 18.2 Å². The third-order valence-electron chi connectivity index (χ3n) is 6.18. The molecule has 1 aliphatic carbocycles. The largest absolute Gasteiger partial charge is 0.478 e. The molecule has 2 aromatic heterocycles. The summed E-state index contributed by atoms with van der Waals surface area (Å²) in [6.45, 7) is 3.03. The lowest BCUT2D eigenvalue weighted by Crippen LogP contribution is -2.07. The molecule has 4 nitrogen and oxygen atoms in total. The third kappa shape index (κ3) is 2.71. The number of rotatable bonds is 2. The fraction of sp³-hybridized carbons (Fsp3) is 0.455. The van der Waals surface area contributed by atoms with E-state index >= 15 is 0 Å². The van der Waals surface area contributed by atoms with Crippen LogP contribution in [-0.2, 0) is 13.0 Å². The van der Waals surface area contributed by atoms with Crippen molar-refractivity contribution in [3.8, 4) is 11.4 Å². The predicted octanol–water partition coefficient (Wildman–Crippen LogP) is 5.77. The van der Waals surface area contributed by atoms with Crippen molar-refractivity contribution < 1.29 is 9.90 Å². The van der Waals surface area contributed by atoms with E-state index in [1.807, 2.05) is 23.5 Å². The minimum atomic E-state index is -0.856. The van der Waals surface area contributed by atoms with Gasteiger partial charge in [-0.2, -0.15) is 0 Å². The van der Waals surface area contributed by atoms with Crippen LogP contribution in [0.2, 0.25) is 0 Å². The number of benzene rings is 1. The highest BCUT2D eigenvalue weighted by Crippen LogP contribution is 2.46. The van der Waals surface area contributed by atoms with Gasteiger partial charge in [-0.15, -0.1) is 11.3 Å². The smallest absolute Gasteiger partial charge is 0.335 e. The molecule has 5 heteroatoms. The van der Waals surface area contributed by atoms with Crippen molar-refractivity contribution in [1.82, 2.24) is 9.55 Å². The zero-order valence-electron chi connectivity index (χ0n) is 15.6. The van der Waals surface area contributed by atoms with Gasteiger partial charge in [0.25, 0.3) is 0 Å². The fourth-order valence-corrected chi connectivity index (χ4v) is 6.00. The number of thiazole rings is 1. The Morgan fingerprint density at radius 1 is 1.22 bits per heavy atom. The fourth-order valence-electron chi connectivity index (χ4n) is 5.02. The van der Waals surface area contributed by atoms with Crippen LogP contribution in [-0.4, -0.2) is 20.6 Å². The number of fused-ring (bicyclic) bond motifs is 5. The van der Waals surface area contributed by atoms with E-state index in [9.17, 15) is 9.90 Å². The van der Waals surface area contributed by atoms with E-state index in [0.717, 1.165) is 35.6 Å². The van der Waals surface area contributed by atoms with Gasteiger partial charge in [0.05, 0.1) is 16.3 Å². The molecule has 0 spiro atoms. The third-order valence-corrected chi connectivity index (χ3v) is 7.21. The number of aromatic nitrogens is 2. The van der Waals surface area contributed by atoms with Crippen LogP contribution >= 0.6 is 11.3 Å². The van der Waals surface area contributed by atoms with Crippen molar-refractivity contribution in [3.05, 3.63) is 39.2 Å². The van der Waals surface area contributed by atoms with Gasteiger partial charge >= 0.3 is 5.97 Å². The van der Waals surface area contributed by atoms with Crippen molar-refractivity contribution in [1.29, 1.82) is 0 Å². The molecule has 1 saturated carbocycles. The van der Waals surface area contributed by atoms with Crippen molar-refractivity contribution in [2.75, 3.05) is 0 Å². The van der Waals surface area contributed by atoms with Crippen molar-refractivity contribution in [2.24, 2.45) is 0 Å². The number of nitrogens with zero attached hydrogens (tertiary/aromatic N) is 2. The quantitative estimate of drug-likeness (QED) is 0.614. The molecule has 3 aromatic rings. The Bertz CT molecular complexity index is 1040. The van der Waals surface area contributed by atoms with Gasteiger partial charge in [0, 0.05) is 22.3 Å². The Hall–Kier alpha value is -2.14. The Balaban J connectivity index is 1.84. The Morgan fingerprint density at radius 2 is 2.04 bits per heavy atom. The Morgan fingerprint density at radius 3 is 2.81 bits per heavy atom. The van der Waals surface area contributed by atoms with E-state index in [2.05, 4.69) is 11.5 Å². The number of hydrogen-bond acceptors (Lipinski definition) is 3. The number of carboxylic acids is 1. The van der Waals surface area contributed by atoms with Gasteiger partial charge < -0.3 is 9.67 Å². The molecular weight excluding hydrogens is 356 g/mol. The van der Waals surface area contributed by atoms with E-state index in [0.29, 0.717) is 11.5 Å². The zero-order valence-corrected chi connectivity index (χ0v) is 16.4. The standard InChI is InChI=1S/C22H24N2O2S/c1-13-23-20-18(27-13)8-5-11-24-17-12-15(22(25)26)9-10-16(17)19(21(20)24)14-6-3-2-4-7-14/h9-10,12,14H,2-8,11H2,1H3,(H,25,26). The van der Waals surface area contributed by atoms with Crippen LogP contribution in [0.5, 0.6) is 0 Å². The molecule has 27 heavy (non-hydrogen) atoms. The molecule has 3 heterocycles. The first-order chi connectivity index (χ1) is 13.1. The van der Waals surface area contributed by atoms with Crippen LogP contribution in [0.1, 0.15) is 70.2 Å². The average molecular weight is 381 g/mol. The van der Waals surface area contributed by atoms with Crippen LogP contribution < -0.4 is 0 Å². The number of aryl methyl sites for hydroxylation is 3. The summed E-state index contributed by atoms with van der Waals surface area (Å²) >= 11 is 1.82. The lowest BCUT2D eigenvalue weighted by molar-refractivity contribution is 0.0697. The molecule has 140 valence electrons. The van der Waals surface area contributed by atoms with Crippen LogP contribution in [0.25, 0.3) is 22.3 Å². The zero-order chi connectivity index (χ0) is 18.5. The summed E-state index contributed by atoms with van der Waals surface area (Å²) in [6.07, 6.45) is 8.49. The summed E-state index contributed by atoms with van der Waals surface area (Å²) < 4.78 is 2.37. The second-order valence-corrected chi connectivity index (χ2v) is 9.18. The number of aromatic carboxylic acids is 1. The second kappa shape index (κ2) is 6.48. The molecule has 0 atom stereocenters. The van der Waals surface area contributed by atoms with E-state index in [1.54, 1.807) is 6.07 Å². The summed E-state index contributed by atoms with van der Waals surface area (Å²) in [5.74, 6) is -0.299. The number of hydrogen-bond donors (Lipinski definition) is 1. The molecule has 1 aliphatic heterocycles. The lowest BCUT2D eigenvalue weighted by Gasteiger charge is -2.23. The predicted molar refractivity (Wildman–Crippen MR) is 109 cm³/mol. The van der Waals surface area contributed by atoms with Gasteiger partial charge in [-0.25, -0.2) is 9.78 Å². The Kier molecular flexibility index (Phi) is 4.08. The monoisotopic (exact) mass is 380 g/mol. The number of carboxylic acid groups (broad SMARTS) is 1. The molecule has 1 N–H and O–H groups in total. The molecular formula is C22H24N2O2S. The average Bonchev–Trinajstić information content (AvgIpc) is 3.14. The molecule has 2 aliphatic rings. The van der Waals surface area contributed by atoms with Crippen LogP contribution in [0.3, 0.4) is 0 Å². The highest BCUT2D eigenvalue weighted by atomic mass is 32.1. The first-order valence-electron chi connectivity index (χ1n) is 9.99. The maximum Gasteiger partial charge on any atom is 0.335 e. The van der Waals surface area contributed by atoms with Crippen molar-refractivity contribution >= 4 is 28.2 Å². The molecule has 0 bridgehead atoms. The van der Waals surface area contributed by atoms with Gasteiger partial charge in [0.1, 0.15) is 5.69 Å². The van der Waals surface area contributed by atoms with Gasteiger partial charge in [-0.1, -0.05) is 25.3 Å². The first-order valence-corrected chi connectivity index (χ1v) is 10.8. The summed E-state index contributed by atoms with van der Waals surface area (Å²) in [5, 5.41) is 11.9. The molecule has 0 saturated heterocycles.